The van der Waals surface area contributed by atoms with Crippen molar-refractivity contribution in [1.29, 1.82) is 5.26 Å². The Labute approximate surface area is 152 Å². The maximum absolute atomic E-state index is 12.4. The monoisotopic (exact) mass is 386 g/mol. The highest BCUT2D eigenvalue weighted by atomic mass is 32.2. The van der Waals surface area contributed by atoms with Crippen molar-refractivity contribution in [2.24, 2.45) is 0 Å². The van der Waals surface area contributed by atoms with Crippen LogP contribution < -0.4 is 9.81 Å². The Morgan fingerprint density at radius 1 is 1.22 bits per heavy atom. The largest absolute Gasteiger partial charge is 0.422 e. The van der Waals surface area contributed by atoms with Crippen molar-refractivity contribution < 1.29 is 21.9 Å². The third-order valence-corrected chi connectivity index (χ3v) is 5.08. The average molecular weight is 386 g/mol. The summed E-state index contributed by atoms with van der Waals surface area (Å²) in [5.74, 6) is -0.201. The molecule has 3 rings (SSSR count). The second kappa shape index (κ2) is 6.54. The zero-order valence-corrected chi connectivity index (χ0v) is 14.5. The van der Waals surface area contributed by atoms with Gasteiger partial charge in [-0.05, 0) is 30.7 Å². The molecule has 27 heavy (non-hydrogen) atoms. The fourth-order valence-electron chi connectivity index (χ4n) is 2.51. The molecule has 1 heterocycles. The van der Waals surface area contributed by atoms with Gasteiger partial charge in [-0.25, -0.2) is 4.79 Å². The predicted molar refractivity (Wildman–Crippen MR) is 92.8 cm³/mol. The first kappa shape index (κ1) is 18.1. The maximum atomic E-state index is 12.4. The number of nitriles is 1. The maximum Gasteiger partial charge on any atom is 0.354 e. The third kappa shape index (κ3) is 3.23. The first-order chi connectivity index (χ1) is 12.7. The standard InChI is InChI=1S/C17H10N2O7S/c1-10-12-7-6-11(8-15(12)25-17(20)13(10)9-18)26-27(23,24)16-5-3-2-4-14(16)19(21)22/h2-8H,1H3. The number of benzene rings is 2. The van der Waals surface area contributed by atoms with Crippen LogP contribution in [0.1, 0.15) is 11.1 Å². The van der Waals surface area contributed by atoms with Crippen LogP contribution in [0.5, 0.6) is 5.75 Å². The van der Waals surface area contributed by atoms with Crippen LogP contribution in [0.4, 0.5) is 5.69 Å². The van der Waals surface area contributed by atoms with Gasteiger partial charge in [0, 0.05) is 17.5 Å². The van der Waals surface area contributed by atoms with E-state index in [2.05, 4.69) is 0 Å². The second-order valence-corrected chi connectivity index (χ2v) is 6.94. The molecule has 0 saturated heterocycles. The fraction of sp³-hybridized carbons (Fsp3) is 0.0588. The molecule has 3 aromatic rings. The molecule has 0 N–H and O–H groups in total. The normalized spacial score (nSPS) is 11.1. The minimum Gasteiger partial charge on any atom is -0.422 e. The lowest BCUT2D eigenvalue weighted by Gasteiger charge is -2.09. The molecular formula is C17H10N2O7S. The molecular weight excluding hydrogens is 376 g/mol. The smallest absolute Gasteiger partial charge is 0.354 e. The number of aryl methyl sites for hydroxylation is 1. The minimum atomic E-state index is -4.50. The summed E-state index contributed by atoms with van der Waals surface area (Å²) in [4.78, 5) is 21.4. The molecule has 0 bridgehead atoms. The van der Waals surface area contributed by atoms with E-state index in [1.165, 1.54) is 24.3 Å². The fourth-order valence-corrected chi connectivity index (χ4v) is 3.60. The lowest BCUT2D eigenvalue weighted by molar-refractivity contribution is -0.387. The number of para-hydroxylation sites is 1. The summed E-state index contributed by atoms with van der Waals surface area (Å²) in [5.41, 5.74) is -1.23. The molecule has 0 aliphatic rings. The van der Waals surface area contributed by atoms with E-state index in [4.69, 9.17) is 13.9 Å². The van der Waals surface area contributed by atoms with Gasteiger partial charge in [0.25, 0.3) is 5.69 Å². The highest BCUT2D eigenvalue weighted by Crippen LogP contribution is 2.29. The van der Waals surface area contributed by atoms with Gasteiger partial charge >= 0.3 is 15.7 Å². The van der Waals surface area contributed by atoms with Crippen LogP contribution in [0.15, 0.2) is 56.6 Å². The number of nitro groups is 1. The molecule has 0 aliphatic heterocycles. The van der Waals surface area contributed by atoms with Crippen LogP contribution in [-0.2, 0) is 10.1 Å². The van der Waals surface area contributed by atoms with Gasteiger partial charge in [0.1, 0.15) is 23.0 Å². The average Bonchev–Trinajstić information content (AvgIpc) is 2.61. The summed E-state index contributed by atoms with van der Waals surface area (Å²) in [7, 11) is -4.50. The van der Waals surface area contributed by atoms with Crippen LogP contribution in [-0.4, -0.2) is 13.3 Å². The highest BCUT2D eigenvalue weighted by molar-refractivity contribution is 7.87. The van der Waals surface area contributed by atoms with E-state index >= 15 is 0 Å². The Hall–Kier alpha value is -3.71. The number of hydrogen-bond donors (Lipinski definition) is 0. The van der Waals surface area contributed by atoms with Crippen LogP contribution in [0.25, 0.3) is 11.0 Å². The van der Waals surface area contributed by atoms with Crippen molar-refractivity contribution in [1.82, 2.24) is 0 Å². The summed E-state index contributed by atoms with van der Waals surface area (Å²) in [6.07, 6.45) is 0. The van der Waals surface area contributed by atoms with E-state index in [9.17, 15) is 23.3 Å². The van der Waals surface area contributed by atoms with Crippen molar-refractivity contribution in [2.75, 3.05) is 0 Å². The van der Waals surface area contributed by atoms with E-state index in [-0.39, 0.29) is 16.9 Å². The number of nitro benzene ring substituents is 1. The summed E-state index contributed by atoms with van der Waals surface area (Å²) < 4.78 is 34.9. The molecule has 0 unspecified atom stereocenters. The Kier molecular flexibility index (Phi) is 4.39. The lowest BCUT2D eigenvalue weighted by Crippen LogP contribution is -2.12. The van der Waals surface area contributed by atoms with E-state index in [1.54, 1.807) is 13.0 Å². The highest BCUT2D eigenvalue weighted by Gasteiger charge is 2.27. The van der Waals surface area contributed by atoms with Crippen LogP contribution >= 0.6 is 0 Å². The topological polar surface area (TPSA) is 141 Å². The third-order valence-electron chi connectivity index (χ3n) is 3.79. The molecule has 0 aliphatic carbocycles. The van der Waals surface area contributed by atoms with E-state index in [1.807, 2.05) is 0 Å². The van der Waals surface area contributed by atoms with Gasteiger partial charge < -0.3 is 8.60 Å². The van der Waals surface area contributed by atoms with E-state index in [0.717, 1.165) is 18.2 Å². The van der Waals surface area contributed by atoms with Crippen molar-refractivity contribution in [3.05, 3.63) is 74.1 Å². The van der Waals surface area contributed by atoms with Gasteiger partial charge in [0.15, 0.2) is 4.90 Å². The molecule has 1 aromatic heterocycles. The molecule has 136 valence electrons. The summed E-state index contributed by atoms with van der Waals surface area (Å²) in [6, 6.07) is 10.4. The van der Waals surface area contributed by atoms with Crippen molar-refractivity contribution in [3.8, 4) is 11.8 Å². The molecule has 0 fully saturated rings. The molecule has 0 radical (unpaired) electrons. The summed E-state index contributed by atoms with van der Waals surface area (Å²) in [5, 5.41) is 20.5. The minimum absolute atomic E-state index is 0.0201. The zero-order chi connectivity index (χ0) is 19.8. The molecule has 0 spiro atoms. The van der Waals surface area contributed by atoms with Gasteiger partial charge in [-0.2, -0.15) is 13.7 Å². The zero-order valence-electron chi connectivity index (χ0n) is 13.7. The van der Waals surface area contributed by atoms with Gasteiger partial charge in [-0.3, -0.25) is 10.1 Å². The quantitative estimate of drug-likeness (QED) is 0.288. The summed E-state index contributed by atoms with van der Waals surface area (Å²) in [6.45, 7) is 1.56. The van der Waals surface area contributed by atoms with Gasteiger partial charge in [0.05, 0.1) is 4.92 Å². The molecule has 0 atom stereocenters. The lowest BCUT2D eigenvalue weighted by atomic mass is 10.1. The molecule has 0 saturated carbocycles. The first-order valence-corrected chi connectivity index (χ1v) is 8.81. The number of hydrogen-bond acceptors (Lipinski definition) is 8. The predicted octanol–water partition coefficient (Wildman–Crippen LogP) is 2.65. The van der Waals surface area contributed by atoms with Gasteiger partial charge in [-0.1, -0.05) is 12.1 Å². The molecule has 2 aromatic carbocycles. The van der Waals surface area contributed by atoms with Crippen LogP contribution in [0, 0.1) is 28.4 Å². The van der Waals surface area contributed by atoms with Crippen molar-refractivity contribution in [3.63, 3.8) is 0 Å². The van der Waals surface area contributed by atoms with Crippen molar-refractivity contribution in [2.45, 2.75) is 11.8 Å². The van der Waals surface area contributed by atoms with Crippen LogP contribution in [0.2, 0.25) is 0 Å². The Morgan fingerprint density at radius 2 is 1.93 bits per heavy atom. The molecule has 10 heteroatoms. The number of fused-ring (bicyclic) bond motifs is 1. The van der Waals surface area contributed by atoms with E-state index in [0.29, 0.717) is 10.9 Å². The number of nitrogens with zero attached hydrogens (tertiary/aromatic N) is 2. The second-order valence-electron chi connectivity index (χ2n) is 5.42. The molecule has 9 nitrogen and oxygen atoms in total. The number of rotatable bonds is 4. The first-order valence-electron chi connectivity index (χ1n) is 7.40. The van der Waals surface area contributed by atoms with E-state index < -0.39 is 31.2 Å². The SMILES string of the molecule is Cc1c(C#N)c(=O)oc2cc(OS(=O)(=O)c3ccccc3[N+](=O)[O-])ccc12. The van der Waals surface area contributed by atoms with Crippen molar-refractivity contribution >= 4 is 26.8 Å². The Balaban J connectivity index is 2.09. The van der Waals surface area contributed by atoms with Crippen LogP contribution in [0.3, 0.4) is 0 Å². The Bertz CT molecular complexity index is 1290. The van der Waals surface area contributed by atoms with Gasteiger partial charge in [0.2, 0.25) is 0 Å². The van der Waals surface area contributed by atoms with Gasteiger partial charge in [-0.15, -0.1) is 0 Å². The summed E-state index contributed by atoms with van der Waals surface area (Å²) >= 11 is 0. The Morgan fingerprint density at radius 3 is 2.59 bits per heavy atom. The molecule has 0 amide bonds.